The van der Waals surface area contributed by atoms with Crippen molar-refractivity contribution in [3.63, 3.8) is 0 Å². The van der Waals surface area contributed by atoms with Crippen LogP contribution in [0.1, 0.15) is 17.5 Å². The molecular weight excluding hydrogens is 186 g/mol. The lowest BCUT2D eigenvalue weighted by atomic mass is 10.1. The van der Waals surface area contributed by atoms with Gasteiger partial charge in [0.05, 0.1) is 18.2 Å². The molecule has 0 aliphatic heterocycles. The molecule has 2 heteroatoms. The number of hydrogen-bond acceptors (Lipinski definition) is 2. The number of ether oxygens (including phenoxy) is 1. The topological polar surface area (TPSA) is 33.0 Å². The molecule has 1 aromatic rings. The number of benzene rings is 1. The fourth-order valence-electron chi connectivity index (χ4n) is 1.28. The van der Waals surface area contributed by atoms with Crippen molar-refractivity contribution in [2.24, 2.45) is 0 Å². The van der Waals surface area contributed by atoms with Gasteiger partial charge in [0, 0.05) is 7.11 Å². The Hall–Kier alpha value is -1.59. The van der Waals surface area contributed by atoms with Crippen molar-refractivity contribution in [3.8, 4) is 6.07 Å². The average molecular weight is 201 g/mol. The van der Waals surface area contributed by atoms with E-state index in [1.54, 1.807) is 7.11 Å². The Kier molecular flexibility index (Phi) is 5.21. The summed E-state index contributed by atoms with van der Waals surface area (Å²) in [5, 5.41) is 8.63. The number of methoxy groups -OCH3 is 1. The number of aryl methyl sites for hydroxylation is 1. The number of nitrogens with zero attached hydrogens (tertiary/aromatic N) is 1. The molecular formula is C13H15NO. The molecule has 0 saturated carbocycles. The molecule has 0 aliphatic carbocycles. The summed E-state index contributed by atoms with van der Waals surface area (Å²) in [6.45, 7) is 0.674. The van der Waals surface area contributed by atoms with Crippen molar-refractivity contribution >= 4 is 0 Å². The first-order chi connectivity index (χ1) is 7.36. The summed E-state index contributed by atoms with van der Waals surface area (Å²) < 4.78 is 4.90. The molecule has 0 unspecified atom stereocenters. The first-order valence-corrected chi connectivity index (χ1v) is 5.00. The van der Waals surface area contributed by atoms with Crippen LogP contribution in [0.5, 0.6) is 0 Å². The molecule has 0 radical (unpaired) electrons. The Morgan fingerprint density at radius 1 is 1.27 bits per heavy atom. The van der Waals surface area contributed by atoms with E-state index in [0.29, 0.717) is 12.2 Å². The van der Waals surface area contributed by atoms with Crippen LogP contribution in [-0.2, 0) is 11.2 Å². The minimum Gasteiger partial charge on any atom is -0.381 e. The summed E-state index contributed by atoms with van der Waals surface area (Å²) in [7, 11) is 1.69. The van der Waals surface area contributed by atoms with E-state index >= 15 is 0 Å². The number of hydrogen-bond donors (Lipinski definition) is 0. The summed E-state index contributed by atoms with van der Waals surface area (Å²) in [6, 6.07) is 9.82. The SMILES string of the molecule is COC/C=C/CCc1ccc(C#N)cc1. The van der Waals surface area contributed by atoms with Gasteiger partial charge in [-0.1, -0.05) is 24.3 Å². The van der Waals surface area contributed by atoms with Gasteiger partial charge >= 0.3 is 0 Å². The highest BCUT2D eigenvalue weighted by Gasteiger charge is 1.92. The van der Waals surface area contributed by atoms with Gasteiger partial charge in [-0.2, -0.15) is 5.26 Å². The molecule has 0 bridgehead atoms. The summed E-state index contributed by atoms with van der Waals surface area (Å²) in [5.74, 6) is 0. The molecule has 1 aromatic carbocycles. The van der Waals surface area contributed by atoms with E-state index in [2.05, 4.69) is 12.1 Å². The van der Waals surface area contributed by atoms with Crippen molar-refractivity contribution in [1.82, 2.24) is 0 Å². The van der Waals surface area contributed by atoms with Crippen LogP contribution in [0, 0.1) is 11.3 Å². The van der Waals surface area contributed by atoms with Gasteiger partial charge in [-0.25, -0.2) is 0 Å². The first-order valence-electron chi connectivity index (χ1n) is 5.00. The Morgan fingerprint density at radius 2 is 2.00 bits per heavy atom. The molecule has 1 rings (SSSR count). The highest BCUT2D eigenvalue weighted by atomic mass is 16.5. The number of nitriles is 1. The fourth-order valence-corrected chi connectivity index (χ4v) is 1.28. The van der Waals surface area contributed by atoms with Crippen LogP contribution in [0.4, 0.5) is 0 Å². The summed E-state index contributed by atoms with van der Waals surface area (Å²) in [6.07, 6.45) is 6.15. The molecule has 0 saturated heterocycles. The monoisotopic (exact) mass is 201 g/mol. The zero-order valence-corrected chi connectivity index (χ0v) is 8.94. The summed E-state index contributed by atoms with van der Waals surface area (Å²) in [5.41, 5.74) is 1.98. The molecule has 0 fully saturated rings. The van der Waals surface area contributed by atoms with Crippen molar-refractivity contribution in [1.29, 1.82) is 5.26 Å². The predicted molar refractivity (Wildman–Crippen MR) is 60.5 cm³/mol. The molecule has 2 nitrogen and oxygen atoms in total. The zero-order valence-electron chi connectivity index (χ0n) is 8.94. The maximum Gasteiger partial charge on any atom is 0.0991 e. The van der Waals surface area contributed by atoms with E-state index < -0.39 is 0 Å². The maximum atomic E-state index is 8.63. The second kappa shape index (κ2) is 6.80. The van der Waals surface area contributed by atoms with Crippen LogP contribution in [0.2, 0.25) is 0 Å². The van der Waals surface area contributed by atoms with E-state index in [1.807, 2.05) is 30.3 Å². The van der Waals surface area contributed by atoms with Crippen molar-refractivity contribution in [2.75, 3.05) is 13.7 Å². The van der Waals surface area contributed by atoms with Gasteiger partial charge in [0.1, 0.15) is 0 Å². The van der Waals surface area contributed by atoms with E-state index in [1.165, 1.54) is 5.56 Å². The number of rotatable bonds is 5. The summed E-state index contributed by atoms with van der Waals surface area (Å²) in [4.78, 5) is 0. The minimum atomic E-state index is 0.674. The Labute approximate surface area is 90.8 Å². The van der Waals surface area contributed by atoms with Crippen molar-refractivity contribution in [2.45, 2.75) is 12.8 Å². The second-order valence-electron chi connectivity index (χ2n) is 3.27. The van der Waals surface area contributed by atoms with E-state index in [-0.39, 0.29) is 0 Å². The third-order valence-electron chi connectivity index (χ3n) is 2.11. The molecule has 78 valence electrons. The van der Waals surface area contributed by atoms with Gasteiger partial charge in [-0.15, -0.1) is 0 Å². The Bertz CT molecular complexity index is 346. The molecule has 0 spiro atoms. The Morgan fingerprint density at radius 3 is 2.60 bits per heavy atom. The third-order valence-corrected chi connectivity index (χ3v) is 2.11. The Balaban J connectivity index is 2.35. The van der Waals surface area contributed by atoms with Gasteiger partial charge < -0.3 is 4.74 Å². The predicted octanol–water partition coefficient (Wildman–Crippen LogP) is 2.69. The van der Waals surface area contributed by atoms with E-state index in [0.717, 1.165) is 12.8 Å². The average Bonchev–Trinajstić information content (AvgIpc) is 2.30. The zero-order chi connectivity index (χ0) is 10.9. The van der Waals surface area contributed by atoms with Gasteiger partial charge in [-0.3, -0.25) is 0 Å². The number of allylic oxidation sites excluding steroid dienone is 1. The van der Waals surface area contributed by atoms with Gasteiger partial charge in [0.2, 0.25) is 0 Å². The van der Waals surface area contributed by atoms with Crippen LogP contribution in [-0.4, -0.2) is 13.7 Å². The molecule has 0 aliphatic rings. The summed E-state index contributed by atoms with van der Waals surface area (Å²) >= 11 is 0. The minimum absolute atomic E-state index is 0.674. The van der Waals surface area contributed by atoms with Crippen LogP contribution in [0.3, 0.4) is 0 Å². The molecule has 0 atom stereocenters. The lowest BCUT2D eigenvalue weighted by Crippen LogP contribution is -1.85. The van der Waals surface area contributed by atoms with Crippen molar-refractivity contribution < 1.29 is 4.74 Å². The molecule has 0 amide bonds. The quantitative estimate of drug-likeness (QED) is 0.686. The van der Waals surface area contributed by atoms with Crippen LogP contribution in [0.15, 0.2) is 36.4 Å². The highest BCUT2D eigenvalue weighted by molar-refractivity contribution is 5.31. The lowest BCUT2D eigenvalue weighted by Gasteiger charge is -1.97. The molecule has 0 N–H and O–H groups in total. The smallest absolute Gasteiger partial charge is 0.0991 e. The second-order valence-corrected chi connectivity index (χ2v) is 3.27. The van der Waals surface area contributed by atoms with Crippen LogP contribution < -0.4 is 0 Å². The van der Waals surface area contributed by atoms with Crippen LogP contribution in [0.25, 0.3) is 0 Å². The van der Waals surface area contributed by atoms with E-state index in [9.17, 15) is 0 Å². The normalized spacial score (nSPS) is 10.4. The maximum absolute atomic E-state index is 8.63. The highest BCUT2D eigenvalue weighted by Crippen LogP contribution is 2.06. The van der Waals surface area contributed by atoms with E-state index in [4.69, 9.17) is 10.00 Å². The standard InChI is InChI=1S/C13H15NO/c1-15-10-4-2-3-5-12-6-8-13(11-14)9-7-12/h2,4,6-9H,3,5,10H2,1H3/b4-2+. The molecule has 15 heavy (non-hydrogen) atoms. The molecule has 0 heterocycles. The van der Waals surface area contributed by atoms with Gasteiger partial charge in [0.15, 0.2) is 0 Å². The van der Waals surface area contributed by atoms with Crippen LogP contribution >= 0.6 is 0 Å². The largest absolute Gasteiger partial charge is 0.381 e. The molecule has 0 aromatic heterocycles. The van der Waals surface area contributed by atoms with Gasteiger partial charge in [0.25, 0.3) is 0 Å². The fraction of sp³-hybridized carbons (Fsp3) is 0.308. The van der Waals surface area contributed by atoms with Crippen molar-refractivity contribution in [3.05, 3.63) is 47.5 Å². The first kappa shape index (κ1) is 11.5. The lowest BCUT2D eigenvalue weighted by molar-refractivity contribution is 0.233. The van der Waals surface area contributed by atoms with Gasteiger partial charge in [-0.05, 0) is 30.5 Å². The third kappa shape index (κ3) is 4.44.